The summed E-state index contributed by atoms with van der Waals surface area (Å²) in [5.41, 5.74) is 4.87. The Kier molecular flexibility index (Phi) is 7.14. The van der Waals surface area contributed by atoms with Gasteiger partial charge in [-0.05, 0) is 19.4 Å². The van der Waals surface area contributed by atoms with Gasteiger partial charge in [-0.3, -0.25) is 18.7 Å². The van der Waals surface area contributed by atoms with Crippen molar-refractivity contribution in [2.24, 2.45) is 5.73 Å². The molecule has 0 atom stereocenters. The second kappa shape index (κ2) is 8.64. The highest BCUT2D eigenvalue weighted by Gasteiger charge is 2.19. The molecule has 3 N–H and O–H groups in total. The van der Waals surface area contributed by atoms with Crippen LogP contribution in [-0.4, -0.2) is 27.1 Å². The Balaban J connectivity index is 0.00000312. The first kappa shape index (κ1) is 20.7. The van der Waals surface area contributed by atoms with E-state index in [4.69, 9.17) is 5.73 Å². The Bertz CT molecular complexity index is 828. The standard InChI is InChI=1S/C17H22N4O3.ClH/c1-17(2,12-18)19-14(22)11-21-15(23)8-9-20(16(21)24)10-13-6-4-3-5-7-13;/h3-9H,10-12,18H2,1-2H3,(H,19,22);1H. The molecule has 0 bridgehead atoms. The molecule has 0 aliphatic carbocycles. The molecule has 0 spiro atoms. The monoisotopic (exact) mass is 366 g/mol. The molecule has 0 aliphatic rings. The average molecular weight is 367 g/mol. The van der Waals surface area contributed by atoms with Crippen LogP contribution < -0.4 is 22.3 Å². The van der Waals surface area contributed by atoms with Crippen LogP contribution in [0.2, 0.25) is 0 Å². The molecule has 1 aromatic carbocycles. The summed E-state index contributed by atoms with van der Waals surface area (Å²) in [6.45, 7) is 3.78. The van der Waals surface area contributed by atoms with Crippen molar-refractivity contribution < 1.29 is 4.79 Å². The molecule has 8 heteroatoms. The average Bonchev–Trinajstić information content (AvgIpc) is 2.55. The highest BCUT2D eigenvalue weighted by Crippen LogP contribution is 2.00. The Hall–Kier alpha value is -2.38. The predicted octanol–water partition coefficient (Wildman–Crippen LogP) is 0.334. The van der Waals surface area contributed by atoms with Crippen molar-refractivity contribution in [3.63, 3.8) is 0 Å². The van der Waals surface area contributed by atoms with E-state index >= 15 is 0 Å². The third-order valence-corrected chi connectivity index (χ3v) is 3.63. The van der Waals surface area contributed by atoms with E-state index in [1.807, 2.05) is 30.3 Å². The Morgan fingerprint density at radius 3 is 2.40 bits per heavy atom. The van der Waals surface area contributed by atoms with Crippen molar-refractivity contribution in [1.29, 1.82) is 0 Å². The molecular weight excluding hydrogens is 344 g/mol. The molecule has 1 heterocycles. The second-order valence-electron chi connectivity index (χ2n) is 6.27. The van der Waals surface area contributed by atoms with Crippen LogP contribution in [0, 0.1) is 0 Å². The van der Waals surface area contributed by atoms with Gasteiger partial charge in [0.15, 0.2) is 0 Å². The number of hydrogen-bond acceptors (Lipinski definition) is 4. The van der Waals surface area contributed by atoms with Gasteiger partial charge in [0.2, 0.25) is 5.91 Å². The number of amides is 1. The predicted molar refractivity (Wildman–Crippen MR) is 99.0 cm³/mol. The van der Waals surface area contributed by atoms with Crippen LogP contribution in [0.4, 0.5) is 0 Å². The maximum atomic E-state index is 12.5. The lowest BCUT2D eigenvalue weighted by Crippen LogP contribution is -2.51. The number of rotatable bonds is 6. The number of nitrogens with one attached hydrogen (secondary N) is 1. The van der Waals surface area contributed by atoms with E-state index in [0.29, 0.717) is 6.54 Å². The van der Waals surface area contributed by atoms with Gasteiger partial charge < -0.3 is 11.1 Å². The van der Waals surface area contributed by atoms with Crippen LogP contribution in [-0.2, 0) is 17.9 Å². The van der Waals surface area contributed by atoms with Gasteiger partial charge in [0.25, 0.3) is 5.56 Å². The summed E-state index contributed by atoms with van der Waals surface area (Å²) >= 11 is 0. The largest absolute Gasteiger partial charge is 0.348 e. The number of halogens is 1. The maximum absolute atomic E-state index is 12.5. The SMILES string of the molecule is CC(C)(CN)NC(=O)Cn1c(=O)ccn(Cc2ccccc2)c1=O.Cl. The molecule has 136 valence electrons. The molecule has 0 radical (unpaired) electrons. The van der Waals surface area contributed by atoms with E-state index in [1.165, 1.54) is 16.8 Å². The number of hydrogen-bond donors (Lipinski definition) is 2. The molecule has 7 nitrogen and oxygen atoms in total. The maximum Gasteiger partial charge on any atom is 0.331 e. The van der Waals surface area contributed by atoms with Crippen molar-refractivity contribution in [3.8, 4) is 0 Å². The third-order valence-electron chi connectivity index (χ3n) is 3.63. The number of carbonyl (C=O) groups excluding carboxylic acids is 1. The van der Waals surface area contributed by atoms with Gasteiger partial charge >= 0.3 is 5.69 Å². The Morgan fingerprint density at radius 2 is 1.80 bits per heavy atom. The molecule has 0 aliphatic heterocycles. The van der Waals surface area contributed by atoms with E-state index in [0.717, 1.165) is 10.1 Å². The van der Waals surface area contributed by atoms with Crippen molar-refractivity contribution in [2.45, 2.75) is 32.5 Å². The van der Waals surface area contributed by atoms with E-state index in [9.17, 15) is 14.4 Å². The lowest BCUT2D eigenvalue weighted by molar-refractivity contribution is -0.123. The Labute approximate surface area is 151 Å². The van der Waals surface area contributed by atoms with E-state index < -0.39 is 22.7 Å². The summed E-state index contributed by atoms with van der Waals surface area (Å²) in [6.07, 6.45) is 1.44. The zero-order chi connectivity index (χ0) is 17.7. The van der Waals surface area contributed by atoms with Crippen LogP contribution in [0.5, 0.6) is 0 Å². The molecular formula is C17H23ClN4O3. The molecule has 2 rings (SSSR count). The van der Waals surface area contributed by atoms with Crippen molar-refractivity contribution >= 4 is 18.3 Å². The van der Waals surface area contributed by atoms with E-state index in [-0.39, 0.29) is 25.5 Å². The summed E-state index contributed by atoms with van der Waals surface area (Å²) in [7, 11) is 0. The van der Waals surface area contributed by atoms with E-state index in [1.54, 1.807) is 13.8 Å². The van der Waals surface area contributed by atoms with Gasteiger partial charge in [0.1, 0.15) is 6.54 Å². The highest BCUT2D eigenvalue weighted by atomic mass is 35.5. The molecule has 0 unspecified atom stereocenters. The number of aromatic nitrogens is 2. The third kappa shape index (κ3) is 5.58. The van der Waals surface area contributed by atoms with Gasteiger partial charge in [-0.1, -0.05) is 30.3 Å². The minimum absolute atomic E-state index is 0. The fourth-order valence-electron chi connectivity index (χ4n) is 2.21. The zero-order valence-corrected chi connectivity index (χ0v) is 15.1. The minimum atomic E-state index is -0.599. The normalized spacial score (nSPS) is 10.8. The number of nitrogens with two attached hydrogens (primary N) is 1. The van der Waals surface area contributed by atoms with Crippen molar-refractivity contribution in [2.75, 3.05) is 6.54 Å². The van der Waals surface area contributed by atoms with Gasteiger partial charge in [0, 0.05) is 24.3 Å². The number of carbonyl (C=O) groups is 1. The molecule has 25 heavy (non-hydrogen) atoms. The fraction of sp³-hybridized carbons (Fsp3) is 0.353. The smallest absolute Gasteiger partial charge is 0.331 e. The van der Waals surface area contributed by atoms with Crippen molar-refractivity contribution in [3.05, 3.63) is 69.0 Å². The summed E-state index contributed by atoms with van der Waals surface area (Å²) in [5, 5.41) is 2.71. The van der Waals surface area contributed by atoms with Crippen LogP contribution >= 0.6 is 12.4 Å². The molecule has 0 saturated carbocycles. The van der Waals surface area contributed by atoms with Crippen LogP contribution in [0.1, 0.15) is 19.4 Å². The summed E-state index contributed by atoms with van der Waals surface area (Å²) in [5.74, 6) is -0.429. The van der Waals surface area contributed by atoms with Gasteiger partial charge in [0.05, 0.1) is 6.54 Å². The minimum Gasteiger partial charge on any atom is -0.348 e. The van der Waals surface area contributed by atoms with Crippen LogP contribution in [0.15, 0.2) is 52.2 Å². The lowest BCUT2D eigenvalue weighted by atomic mass is 10.1. The topological polar surface area (TPSA) is 99.1 Å². The van der Waals surface area contributed by atoms with Gasteiger partial charge in [-0.25, -0.2) is 4.79 Å². The molecule has 0 saturated heterocycles. The first-order valence-corrected chi connectivity index (χ1v) is 7.68. The molecule has 1 aromatic heterocycles. The number of nitrogens with zero attached hydrogens (tertiary/aromatic N) is 2. The van der Waals surface area contributed by atoms with E-state index in [2.05, 4.69) is 5.32 Å². The van der Waals surface area contributed by atoms with Gasteiger partial charge in [-0.15, -0.1) is 12.4 Å². The zero-order valence-electron chi connectivity index (χ0n) is 14.3. The highest BCUT2D eigenvalue weighted by molar-refractivity contribution is 5.85. The quantitative estimate of drug-likeness (QED) is 0.769. The Morgan fingerprint density at radius 1 is 1.16 bits per heavy atom. The van der Waals surface area contributed by atoms with Crippen molar-refractivity contribution in [1.82, 2.24) is 14.5 Å². The fourth-order valence-corrected chi connectivity index (χ4v) is 2.21. The van der Waals surface area contributed by atoms with Gasteiger partial charge in [-0.2, -0.15) is 0 Å². The summed E-state index contributed by atoms with van der Waals surface area (Å²) in [4.78, 5) is 36.5. The first-order valence-electron chi connectivity index (χ1n) is 7.68. The first-order chi connectivity index (χ1) is 11.3. The summed E-state index contributed by atoms with van der Waals surface area (Å²) in [6, 6.07) is 10.7. The lowest BCUT2D eigenvalue weighted by Gasteiger charge is -2.24. The summed E-state index contributed by atoms with van der Waals surface area (Å²) < 4.78 is 2.32. The number of benzene rings is 1. The molecule has 0 fully saturated rings. The van der Waals surface area contributed by atoms with Crippen LogP contribution in [0.25, 0.3) is 0 Å². The molecule has 1 amide bonds. The molecule has 2 aromatic rings. The van der Waals surface area contributed by atoms with Crippen LogP contribution in [0.3, 0.4) is 0 Å². The second-order valence-corrected chi connectivity index (χ2v) is 6.27.